The van der Waals surface area contributed by atoms with Gasteiger partial charge in [-0.1, -0.05) is 0 Å². The largest absolute Gasteiger partial charge is 0.497 e. The Balaban J connectivity index is 0.00000243. The molecule has 1 amide bonds. The van der Waals surface area contributed by atoms with E-state index in [0.29, 0.717) is 12.3 Å². The molecule has 0 saturated carbocycles. The first-order valence-corrected chi connectivity index (χ1v) is 9.23. The molecule has 0 spiro atoms. The van der Waals surface area contributed by atoms with E-state index < -0.39 is 0 Å². The first kappa shape index (κ1) is 20.5. The molecule has 1 aromatic carbocycles. The van der Waals surface area contributed by atoms with E-state index in [2.05, 4.69) is 10.3 Å². The first-order valence-electron chi connectivity index (χ1n) is 8.35. The lowest BCUT2D eigenvalue weighted by molar-refractivity contribution is -0.123. The van der Waals surface area contributed by atoms with E-state index in [9.17, 15) is 4.79 Å². The predicted octanol–water partition coefficient (Wildman–Crippen LogP) is 3.11. The second-order valence-electron chi connectivity index (χ2n) is 5.94. The zero-order valence-electron chi connectivity index (χ0n) is 14.9. The maximum atomic E-state index is 13.1. The minimum atomic E-state index is 0. The number of aromatic nitrogens is 1. The molecule has 26 heavy (non-hydrogen) atoms. The molecule has 1 fully saturated rings. The molecule has 3 rings (SSSR count). The highest BCUT2D eigenvalue weighted by Gasteiger charge is 2.28. The molecular weight excluding hydrogens is 374 g/mol. The first-order chi connectivity index (χ1) is 12.2. The van der Waals surface area contributed by atoms with Crippen molar-refractivity contribution in [1.29, 1.82) is 0 Å². The topological polar surface area (TPSA) is 63.7 Å². The van der Waals surface area contributed by atoms with E-state index in [1.54, 1.807) is 25.3 Å². The average Bonchev–Trinajstić information content (AvgIpc) is 3.20. The van der Waals surface area contributed by atoms with Gasteiger partial charge in [-0.2, -0.15) is 0 Å². The van der Waals surface area contributed by atoms with Gasteiger partial charge in [0.25, 0.3) is 0 Å². The number of anilines is 1. The van der Waals surface area contributed by atoms with E-state index in [4.69, 9.17) is 9.47 Å². The van der Waals surface area contributed by atoms with E-state index in [0.717, 1.165) is 42.4 Å². The molecule has 0 aliphatic carbocycles. The van der Waals surface area contributed by atoms with Crippen molar-refractivity contribution in [3.05, 3.63) is 35.3 Å². The lowest BCUT2D eigenvalue weighted by Crippen LogP contribution is -2.41. The highest BCUT2D eigenvalue weighted by Crippen LogP contribution is 2.30. The van der Waals surface area contributed by atoms with Crippen molar-refractivity contribution >= 4 is 34.8 Å². The van der Waals surface area contributed by atoms with Crippen LogP contribution in [0.1, 0.15) is 18.4 Å². The highest BCUT2D eigenvalue weighted by molar-refractivity contribution is 7.13. The molecule has 1 N–H and O–H groups in total. The third-order valence-corrected chi connectivity index (χ3v) is 5.22. The second kappa shape index (κ2) is 9.75. The lowest BCUT2D eigenvalue weighted by atomic mass is 9.96. The summed E-state index contributed by atoms with van der Waals surface area (Å²) in [5.74, 6) is 1.61. The standard InChI is InChI=1S/C18H23N3O3S.ClH/c1-23-15-4-3-14(16(11-15)24-2)12-21(18-20-9-10-25-18)17(22)13-5-7-19-8-6-13;/h3-4,9-11,13,19H,5-8,12H2,1-2H3;1H. The predicted molar refractivity (Wildman–Crippen MR) is 106 cm³/mol. The molecule has 0 radical (unpaired) electrons. The molecule has 2 aromatic rings. The molecule has 0 bridgehead atoms. The van der Waals surface area contributed by atoms with Crippen molar-refractivity contribution < 1.29 is 14.3 Å². The lowest BCUT2D eigenvalue weighted by Gasteiger charge is -2.28. The molecule has 8 heteroatoms. The number of ether oxygens (including phenoxy) is 2. The molecule has 1 aliphatic heterocycles. The van der Waals surface area contributed by atoms with Crippen LogP contribution in [0.25, 0.3) is 0 Å². The van der Waals surface area contributed by atoms with Crippen LogP contribution in [0.2, 0.25) is 0 Å². The summed E-state index contributed by atoms with van der Waals surface area (Å²) in [5.41, 5.74) is 0.931. The number of nitrogens with one attached hydrogen (secondary N) is 1. The monoisotopic (exact) mass is 397 g/mol. The number of piperidine rings is 1. The fourth-order valence-corrected chi connectivity index (χ4v) is 3.68. The van der Waals surface area contributed by atoms with Crippen molar-refractivity contribution in [3.63, 3.8) is 0 Å². The fraction of sp³-hybridized carbons (Fsp3) is 0.444. The van der Waals surface area contributed by atoms with Crippen LogP contribution in [0.5, 0.6) is 11.5 Å². The van der Waals surface area contributed by atoms with E-state index >= 15 is 0 Å². The van der Waals surface area contributed by atoms with Crippen LogP contribution in [0, 0.1) is 5.92 Å². The van der Waals surface area contributed by atoms with Gasteiger partial charge in [-0.15, -0.1) is 23.7 Å². The molecular formula is C18H24ClN3O3S. The van der Waals surface area contributed by atoms with Crippen LogP contribution in [0.3, 0.4) is 0 Å². The van der Waals surface area contributed by atoms with Crippen LogP contribution in [0.4, 0.5) is 5.13 Å². The maximum Gasteiger partial charge on any atom is 0.232 e. The summed E-state index contributed by atoms with van der Waals surface area (Å²) in [6, 6.07) is 5.66. The quantitative estimate of drug-likeness (QED) is 0.811. The third kappa shape index (κ3) is 4.66. The van der Waals surface area contributed by atoms with Crippen molar-refractivity contribution in [3.8, 4) is 11.5 Å². The van der Waals surface area contributed by atoms with Gasteiger partial charge in [-0.05, 0) is 38.1 Å². The number of thiazole rings is 1. The van der Waals surface area contributed by atoms with Gasteiger partial charge < -0.3 is 14.8 Å². The number of rotatable bonds is 6. The van der Waals surface area contributed by atoms with Crippen LogP contribution in [0.15, 0.2) is 29.8 Å². The number of hydrogen-bond donors (Lipinski definition) is 1. The Morgan fingerprint density at radius 3 is 2.69 bits per heavy atom. The second-order valence-corrected chi connectivity index (χ2v) is 6.81. The van der Waals surface area contributed by atoms with Crippen LogP contribution < -0.4 is 19.7 Å². The highest BCUT2D eigenvalue weighted by atomic mass is 35.5. The molecule has 6 nitrogen and oxygen atoms in total. The Labute approximate surface area is 163 Å². The van der Waals surface area contributed by atoms with Crippen molar-refractivity contribution in [2.75, 3.05) is 32.2 Å². The summed E-state index contributed by atoms with van der Waals surface area (Å²) in [6.45, 7) is 2.20. The van der Waals surface area contributed by atoms with Crippen LogP contribution in [-0.4, -0.2) is 38.2 Å². The van der Waals surface area contributed by atoms with Gasteiger partial charge in [-0.3, -0.25) is 9.69 Å². The number of carbonyl (C=O) groups is 1. The average molecular weight is 398 g/mol. The zero-order valence-corrected chi connectivity index (χ0v) is 16.6. The summed E-state index contributed by atoms with van der Waals surface area (Å²) in [6.07, 6.45) is 3.45. The Bertz CT molecular complexity index is 706. The van der Waals surface area contributed by atoms with E-state index in [1.807, 2.05) is 23.6 Å². The number of nitrogens with zero attached hydrogens (tertiary/aromatic N) is 2. The molecule has 142 valence electrons. The number of methoxy groups -OCH3 is 2. The minimum absolute atomic E-state index is 0. The summed E-state index contributed by atoms with van der Waals surface area (Å²) < 4.78 is 10.7. The van der Waals surface area contributed by atoms with Gasteiger partial charge in [0.15, 0.2) is 5.13 Å². The number of carbonyl (C=O) groups excluding carboxylic acids is 1. The summed E-state index contributed by atoms with van der Waals surface area (Å²) in [5, 5.41) is 5.92. The van der Waals surface area contributed by atoms with Gasteiger partial charge >= 0.3 is 0 Å². The SMILES string of the molecule is COc1ccc(CN(C(=O)C2CCNCC2)c2nccs2)c(OC)c1.Cl. The smallest absolute Gasteiger partial charge is 0.232 e. The normalized spacial score (nSPS) is 14.4. The fourth-order valence-electron chi connectivity index (χ4n) is 3.03. The number of halogens is 1. The summed E-state index contributed by atoms with van der Waals surface area (Å²) in [7, 11) is 3.25. The third-order valence-electron chi connectivity index (χ3n) is 4.43. The van der Waals surface area contributed by atoms with Crippen molar-refractivity contribution in [1.82, 2.24) is 10.3 Å². The van der Waals surface area contributed by atoms with Crippen molar-refractivity contribution in [2.45, 2.75) is 19.4 Å². The molecule has 0 atom stereocenters. The van der Waals surface area contributed by atoms with Crippen LogP contribution >= 0.6 is 23.7 Å². The Hall–Kier alpha value is -1.83. The molecule has 2 heterocycles. The minimum Gasteiger partial charge on any atom is -0.497 e. The van der Waals surface area contributed by atoms with Gasteiger partial charge in [0.05, 0.1) is 20.8 Å². The molecule has 1 aromatic heterocycles. The van der Waals surface area contributed by atoms with E-state index in [1.165, 1.54) is 11.3 Å². The van der Waals surface area contributed by atoms with Gasteiger partial charge in [0.2, 0.25) is 5.91 Å². The van der Waals surface area contributed by atoms with E-state index in [-0.39, 0.29) is 24.2 Å². The Kier molecular flexibility index (Phi) is 7.68. The Morgan fingerprint density at radius 2 is 2.08 bits per heavy atom. The molecule has 0 unspecified atom stereocenters. The van der Waals surface area contributed by atoms with Crippen molar-refractivity contribution in [2.24, 2.45) is 5.92 Å². The number of benzene rings is 1. The molecule has 1 aliphatic rings. The zero-order chi connectivity index (χ0) is 17.6. The number of hydrogen-bond acceptors (Lipinski definition) is 6. The van der Waals surface area contributed by atoms with Gasteiger partial charge in [0, 0.05) is 29.1 Å². The van der Waals surface area contributed by atoms with Gasteiger partial charge in [0.1, 0.15) is 11.5 Å². The maximum absolute atomic E-state index is 13.1. The van der Waals surface area contributed by atoms with Gasteiger partial charge in [-0.25, -0.2) is 4.98 Å². The summed E-state index contributed by atoms with van der Waals surface area (Å²) >= 11 is 1.48. The summed E-state index contributed by atoms with van der Waals surface area (Å²) in [4.78, 5) is 19.3. The Morgan fingerprint density at radius 1 is 1.31 bits per heavy atom. The molecule has 1 saturated heterocycles. The number of amides is 1. The van der Waals surface area contributed by atoms with Crippen LogP contribution in [-0.2, 0) is 11.3 Å².